The fourth-order valence-electron chi connectivity index (χ4n) is 3.29. The number of fused-ring (bicyclic) bond motifs is 1. The van der Waals surface area contributed by atoms with Gasteiger partial charge in [-0.3, -0.25) is 4.79 Å². The Hall–Kier alpha value is -2.25. The molecule has 1 aliphatic rings. The van der Waals surface area contributed by atoms with Crippen LogP contribution in [0.2, 0.25) is 0 Å². The van der Waals surface area contributed by atoms with E-state index in [0.717, 1.165) is 39.4 Å². The van der Waals surface area contributed by atoms with Gasteiger partial charge in [0.2, 0.25) is 0 Å². The molecule has 0 N–H and O–H groups in total. The highest BCUT2D eigenvalue weighted by atomic mass is 79.9. The molecular weight excluding hydrogens is 414 g/mol. The molecule has 5 nitrogen and oxygen atoms in total. The number of aromatic nitrogens is 2. The van der Waals surface area contributed by atoms with Crippen molar-refractivity contribution in [3.05, 3.63) is 57.4 Å². The molecule has 4 rings (SSSR count). The van der Waals surface area contributed by atoms with Gasteiger partial charge >= 0.3 is 0 Å². The number of benzene rings is 2. The van der Waals surface area contributed by atoms with Crippen LogP contribution in [-0.4, -0.2) is 28.6 Å². The first kappa shape index (κ1) is 17.2. The van der Waals surface area contributed by atoms with Gasteiger partial charge in [0, 0.05) is 21.8 Å². The first-order valence-electron chi connectivity index (χ1n) is 8.17. The van der Waals surface area contributed by atoms with Crippen molar-refractivity contribution in [2.75, 3.05) is 12.0 Å². The molecule has 0 fully saturated rings. The summed E-state index contributed by atoms with van der Waals surface area (Å²) in [6, 6.07) is 13.6. The van der Waals surface area contributed by atoms with Gasteiger partial charge in [-0.25, -0.2) is 0 Å². The molecule has 0 aliphatic carbocycles. The summed E-state index contributed by atoms with van der Waals surface area (Å²) in [5, 5.41) is 4.20. The van der Waals surface area contributed by atoms with Gasteiger partial charge in [0.05, 0.1) is 7.11 Å². The van der Waals surface area contributed by atoms with Crippen LogP contribution in [0.15, 0.2) is 46.9 Å². The van der Waals surface area contributed by atoms with Crippen molar-refractivity contribution < 1.29 is 9.53 Å². The van der Waals surface area contributed by atoms with E-state index in [1.54, 1.807) is 7.11 Å². The summed E-state index contributed by atoms with van der Waals surface area (Å²) in [5.74, 6) is 0.705. The van der Waals surface area contributed by atoms with Gasteiger partial charge in [-0.15, -0.1) is 5.10 Å². The van der Waals surface area contributed by atoms with Gasteiger partial charge in [-0.2, -0.15) is 0 Å². The van der Waals surface area contributed by atoms with Crippen LogP contribution in [0.25, 0.3) is 11.3 Å². The summed E-state index contributed by atoms with van der Waals surface area (Å²) in [7, 11) is 1.62. The predicted octanol–water partition coefficient (Wildman–Crippen LogP) is 4.57. The summed E-state index contributed by atoms with van der Waals surface area (Å²) in [6.07, 6.45) is 0.838. The smallest absolute Gasteiger partial charge is 0.272 e. The van der Waals surface area contributed by atoms with E-state index in [1.807, 2.05) is 41.3 Å². The van der Waals surface area contributed by atoms with Crippen LogP contribution in [0.5, 0.6) is 5.75 Å². The van der Waals surface area contributed by atoms with E-state index in [-0.39, 0.29) is 11.9 Å². The average molecular weight is 430 g/mol. The van der Waals surface area contributed by atoms with Crippen molar-refractivity contribution >= 4 is 39.1 Å². The molecule has 2 heterocycles. The molecule has 0 bridgehead atoms. The van der Waals surface area contributed by atoms with Crippen molar-refractivity contribution in [3.63, 3.8) is 0 Å². The van der Waals surface area contributed by atoms with Crippen molar-refractivity contribution in [1.82, 2.24) is 9.59 Å². The van der Waals surface area contributed by atoms with Crippen LogP contribution in [0, 0.1) is 0 Å². The maximum atomic E-state index is 13.3. The van der Waals surface area contributed by atoms with Gasteiger partial charge in [0.25, 0.3) is 5.91 Å². The van der Waals surface area contributed by atoms with Crippen molar-refractivity contribution in [2.45, 2.75) is 19.4 Å². The molecule has 26 heavy (non-hydrogen) atoms. The first-order valence-corrected chi connectivity index (χ1v) is 9.74. The number of carbonyl (C=O) groups is 1. The van der Waals surface area contributed by atoms with E-state index < -0.39 is 0 Å². The Morgan fingerprint density at radius 2 is 2.04 bits per heavy atom. The summed E-state index contributed by atoms with van der Waals surface area (Å²) in [6.45, 7) is 2.06. The topological polar surface area (TPSA) is 55.3 Å². The number of rotatable bonds is 3. The van der Waals surface area contributed by atoms with Gasteiger partial charge in [0.1, 0.15) is 16.3 Å². The highest BCUT2D eigenvalue weighted by Gasteiger charge is 2.34. The molecule has 1 aliphatic heterocycles. The Bertz CT molecular complexity index is 971. The summed E-state index contributed by atoms with van der Waals surface area (Å²) < 4.78 is 10.3. The van der Waals surface area contributed by atoms with E-state index >= 15 is 0 Å². The third kappa shape index (κ3) is 2.91. The third-order valence-electron chi connectivity index (χ3n) is 4.52. The van der Waals surface area contributed by atoms with Gasteiger partial charge in [-0.05, 0) is 72.9 Å². The quantitative estimate of drug-likeness (QED) is 0.611. The highest BCUT2D eigenvalue weighted by molar-refractivity contribution is 9.10. The number of nitrogens with zero attached hydrogens (tertiary/aromatic N) is 3. The number of methoxy groups -OCH3 is 1. The lowest BCUT2D eigenvalue weighted by atomic mass is 10.1. The van der Waals surface area contributed by atoms with Crippen LogP contribution < -0.4 is 9.64 Å². The molecule has 1 aromatic heterocycles. The lowest BCUT2D eigenvalue weighted by Gasteiger charge is -2.22. The Kier molecular flexibility index (Phi) is 4.50. The zero-order chi connectivity index (χ0) is 18.3. The third-order valence-corrected chi connectivity index (χ3v) is 5.73. The minimum Gasteiger partial charge on any atom is -0.497 e. The van der Waals surface area contributed by atoms with Crippen LogP contribution in [-0.2, 0) is 6.42 Å². The molecule has 7 heteroatoms. The molecular formula is C19H16BrN3O2S. The number of hydrogen-bond acceptors (Lipinski definition) is 5. The number of carbonyl (C=O) groups excluding carboxylic acids is 1. The molecule has 0 spiro atoms. The average Bonchev–Trinajstić information content (AvgIpc) is 3.25. The Morgan fingerprint density at radius 3 is 2.77 bits per heavy atom. The molecule has 1 atom stereocenters. The predicted molar refractivity (Wildman–Crippen MR) is 106 cm³/mol. The van der Waals surface area contributed by atoms with E-state index in [0.29, 0.717) is 10.6 Å². The Labute approximate surface area is 163 Å². The maximum absolute atomic E-state index is 13.3. The SMILES string of the molecule is COc1ccc(-c2nnsc2C(=O)N2c3ccc(Br)cc3C[C@@H]2C)cc1. The normalized spacial score (nSPS) is 15.8. The first-order chi connectivity index (χ1) is 12.6. The van der Waals surface area contributed by atoms with E-state index in [2.05, 4.69) is 38.5 Å². The van der Waals surface area contributed by atoms with Crippen molar-refractivity contribution in [3.8, 4) is 17.0 Å². The summed E-state index contributed by atoms with van der Waals surface area (Å²) >= 11 is 4.64. The van der Waals surface area contributed by atoms with E-state index in [4.69, 9.17) is 4.74 Å². The second kappa shape index (κ2) is 6.81. The Balaban J connectivity index is 1.71. The monoisotopic (exact) mass is 429 g/mol. The summed E-state index contributed by atoms with van der Waals surface area (Å²) in [4.78, 5) is 15.7. The molecule has 1 amide bonds. The minimum atomic E-state index is -0.0561. The van der Waals surface area contributed by atoms with Gasteiger partial charge in [-0.1, -0.05) is 20.4 Å². The lowest BCUT2D eigenvalue weighted by molar-refractivity contribution is 0.0986. The van der Waals surface area contributed by atoms with Gasteiger partial charge < -0.3 is 9.64 Å². The zero-order valence-electron chi connectivity index (χ0n) is 14.3. The largest absolute Gasteiger partial charge is 0.497 e. The van der Waals surface area contributed by atoms with Crippen LogP contribution >= 0.6 is 27.5 Å². The van der Waals surface area contributed by atoms with Gasteiger partial charge in [0.15, 0.2) is 0 Å². The lowest BCUT2D eigenvalue weighted by Crippen LogP contribution is -2.35. The van der Waals surface area contributed by atoms with Crippen LogP contribution in [0.3, 0.4) is 0 Å². The highest BCUT2D eigenvalue weighted by Crippen LogP contribution is 2.37. The zero-order valence-corrected chi connectivity index (χ0v) is 16.7. The van der Waals surface area contributed by atoms with E-state index in [1.165, 1.54) is 5.56 Å². The van der Waals surface area contributed by atoms with E-state index in [9.17, 15) is 4.79 Å². The maximum Gasteiger partial charge on any atom is 0.272 e. The number of ether oxygens (including phenoxy) is 1. The second-order valence-corrected chi connectivity index (χ2v) is 7.85. The number of hydrogen-bond donors (Lipinski definition) is 0. The minimum absolute atomic E-state index is 0.0561. The molecule has 0 saturated heterocycles. The fourth-order valence-corrected chi connectivity index (χ4v) is 4.32. The molecule has 3 aromatic rings. The number of anilines is 1. The standard InChI is InChI=1S/C19H16BrN3O2S/c1-11-9-13-10-14(20)5-8-16(13)23(11)19(24)18-17(21-22-26-18)12-3-6-15(25-2)7-4-12/h3-8,10-11H,9H2,1-2H3/t11-/m0/s1. The molecule has 0 saturated carbocycles. The van der Waals surface area contributed by atoms with Crippen LogP contribution in [0.1, 0.15) is 22.2 Å². The molecule has 2 aromatic carbocycles. The second-order valence-electron chi connectivity index (χ2n) is 6.18. The molecule has 0 unspecified atom stereocenters. The number of halogens is 1. The van der Waals surface area contributed by atoms with Crippen molar-refractivity contribution in [2.24, 2.45) is 0 Å². The van der Waals surface area contributed by atoms with Crippen molar-refractivity contribution in [1.29, 1.82) is 0 Å². The molecule has 132 valence electrons. The molecule has 0 radical (unpaired) electrons. The fraction of sp³-hybridized carbons (Fsp3) is 0.211. The van der Waals surface area contributed by atoms with Crippen LogP contribution in [0.4, 0.5) is 5.69 Å². The Morgan fingerprint density at radius 1 is 1.27 bits per heavy atom. The number of amides is 1. The summed E-state index contributed by atoms with van der Waals surface area (Å²) in [5.41, 5.74) is 3.59.